The van der Waals surface area contributed by atoms with E-state index in [1.807, 2.05) is 0 Å². The average molecular weight is 163 g/mol. The number of hydrogen-bond donors (Lipinski definition) is 1. The van der Waals surface area contributed by atoms with Crippen molar-refractivity contribution in [1.29, 1.82) is 0 Å². The first kappa shape index (κ1) is 8.28. The zero-order valence-corrected chi connectivity index (χ0v) is 6.17. The van der Waals surface area contributed by atoms with Crippen molar-refractivity contribution >= 4 is 12.0 Å². The molecule has 2 N–H and O–H groups in total. The van der Waals surface area contributed by atoms with Crippen molar-refractivity contribution in [2.24, 2.45) is 0 Å². The molecule has 0 aliphatic rings. The van der Waals surface area contributed by atoms with E-state index in [0.29, 0.717) is 6.29 Å². The SMILES string of the molecule is Nc1cccc(F)c1C#CC=O. The minimum atomic E-state index is -0.510. The smallest absolute Gasteiger partial charge is 0.193 e. The van der Waals surface area contributed by atoms with Crippen LogP contribution in [0.4, 0.5) is 10.1 Å². The monoisotopic (exact) mass is 163 g/mol. The third-order valence-electron chi connectivity index (χ3n) is 1.30. The van der Waals surface area contributed by atoms with Crippen molar-refractivity contribution in [1.82, 2.24) is 0 Å². The first-order chi connectivity index (χ1) is 5.75. The molecule has 0 bridgehead atoms. The molecule has 1 aromatic carbocycles. The van der Waals surface area contributed by atoms with Gasteiger partial charge < -0.3 is 5.73 Å². The molecule has 0 fully saturated rings. The van der Waals surface area contributed by atoms with Crippen LogP contribution in [0.5, 0.6) is 0 Å². The molecule has 0 atom stereocenters. The molecule has 0 aromatic heterocycles. The van der Waals surface area contributed by atoms with E-state index < -0.39 is 5.82 Å². The second-order valence-electron chi connectivity index (χ2n) is 2.09. The molecule has 0 heterocycles. The van der Waals surface area contributed by atoms with Gasteiger partial charge in [-0.3, -0.25) is 4.79 Å². The highest BCUT2D eigenvalue weighted by atomic mass is 19.1. The van der Waals surface area contributed by atoms with Gasteiger partial charge in [0.05, 0.1) is 11.3 Å². The first-order valence-electron chi connectivity index (χ1n) is 3.25. The molecule has 0 amide bonds. The number of nitrogen functional groups attached to an aromatic ring is 1. The van der Waals surface area contributed by atoms with Gasteiger partial charge in [-0.15, -0.1) is 0 Å². The van der Waals surface area contributed by atoms with Gasteiger partial charge in [0, 0.05) is 0 Å². The van der Waals surface area contributed by atoms with E-state index in [2.05, 4.69) is 11.8 Å². The third kappa shape index (κ3) is 1.61. The minimum Gasteiger partial charge on any atom is -0.398 e. The van der Waals surface area contributed by atoms with Gasteiger partial charge in [0.25, 0.3) is 0 Å². The Balaban J connectivity index is 3.21. The lowest BCUT2D eigenvalue weighted by atomic mass is 10.2. The molecule has 0 aliphatic heterocycles. The van der Waals surface area contributed by atoms with E-state index >= 15 is 0 Å². The van der Waals surface area contributed by atoms with Crippen molar-refractivity contribution < 1.29 is 9.18 Å². The molecular formula is C9H6FNO. The van der Waals surface area contributed by atoms with Crippen molar-refractivity contribution in [3.8, 4) is 11.8 Å². The number of anilines is 1. The highest BCUT2D eigenvalue weighted by Gasteiger charge is 2.00. The standard InChI is InChI=1S/C9H6FNO/c10-8-4-1-5-9(11)7(8)3-2-6-12/h1,4-6H,11H2. The van der Waals surface area contributed by atoms with Gasteiger partial charge in [0.15, 0.2) is 6.29 Å². The fraction of sp³-hybridized carbons (Fsp3) is 0. The normalized spacial score (nSPS) is 8.42. The Hall–Kier alpha value is -1.82. The van der Waals surface area contributed by atoms with Crippen molar-refractivity contribution in [2.75, 3.05) is 5.73 Å². The van der Waals surface area contributed by atoms with Crippen LogP contribution in [0.1, 0.15) is 5.56 Å². The summed E-state index contributed by atoms with van der Waals surface area (Å²) < 4.78 is 12.9. The summed E-state index contributed by atoms with van der Waals surface area (Å²) in [7, 11) is 0. The van der Waals surface area contributed by atoms with E-state index in [1.54, 1.807) is 0 Å². The summed E-state index contributed by atoms with van der Waals surface area (Å²) in [6.07, 6.45) is 0.395. The fourth-order valence-corrected chi connectivity index (χ4v) is 0.774. The van der Waals surface area contributed by atoms with Crippen LogP contribution in [0, 0.1) is 17.7 Å². The summed E-state index contributed by atoms with van der Waals surface area (Å²) in [5, 5.41) is 0. The number of carbonyl (C=O) groups is 1. The topological polar surface area (TPSA) is 43.1 Å². The highest BCUT2D eigenvalue weighted by Crippen LogP contribution is 2.13. The van der Waals surface area contributed by atoms with Crippen molar-refractivity contribution in [3.05, 3.63) is 29.6 Å². The molecule has 0 saturated carbocycles. The first-order valence-corrected chi connectivity index (χ1v) is 3.25. The number of hydrogen-bond acceptors (Lipinski definition) is 2. The second-order valence-corrected chi connectivity index (χ2v) is 2.09. The van der Waals surface area contributed by atoms with Crippen LogP contribution < -0.4 is 5.73 Å². The number of benzene rings is 1. The molecule has 12 heavy (non-hydrogen) atoms. The van der Waals surface area contributed by atoms with Gasteiger partial charge in [-0.25, -0.2) is 4.39 Å². The molecule has 0 spiro atoms. The van der Waals surface area contributed by atoms with Crippen LogP contribution in [0.3, 0.4) is 0 Å². The predicted molar refractivity (Wildman–Crippen MR) is 43.8 cm³/mol. The molecule has 60 valence electrons. The van der Waals surface area contributed by atoms with E-state index in [0.717, 1.165) is 0 Å². The second kappa shape index (κ2) is 3.54. The van der Waals surface area contributed by atoms with Crippen LogP contribution in [0.25, 0.3) is 0 Å². The Labute approximate surface area is 69.2 Å². The molecule has 2 nitrogen and oxygen atoms in total. The minimum absolute atomic E-state index is 0.0737. The van der Waals surface area contributed by atoms with Crippen LogP contribution in [0.2, 0.25) is 0 Å². The summed E-state index contributed by atoms with van der Waals surface area (Å²) in [5.74, 6) is 3.90. The maximum absolute atomic E-state index is 12.9. The maximum atomic E-state index is 12.9. The molecule has 0 aliphatic carbocycles. The molecule has 0 radical (unpaired) electrons. The number of aldehydes is 1. The van der Waals surface area contributed by atoms with Gasteiger partial charge >= 0.3 is 0 Å². The molecule has 1 rings (SSSR count). The number of carbonyl (C=O) groups excluding carboxylic acids is 1. The van der Waals surface area contributed by atoms with Crippen LogP contribution in [-0.4, -0.2) is 6.29 Å². The van der Waals surface area contributed by atoms with Gasteiger partial charge in [-0.2, -0.15) is 0 Å². The zero-order valence-electron chi connectivity index (χ0n) is 6.17. The largest absolute Gasteiger partial charge is 0.398 e. The predicted octanol–water partition coefficient (Wildman–Crippen LogP) is 0.958. The lowest BCUT2D eigenvalue weighted by Gasteiger charge is -1.97. The van der Waals surface area contributed by atoms with Crippen LogP contribution in [-0.2, 0) is 4.79 Å². The Morgan fingerprint density at radius 1 is 1.50 bits per heavy atom. The van der Waals surface area contributed by atoms with Gasteiger partial charge in [-0.05, 0) is 18.1 Å². The van der Waals surface area contributed by atoms with Crippen molar-refractivity contribution in [3.63, 3.8) is 0 Å². The van der Waals surface area contributed by atoms with E-state index in [9.17, 15) is 9.18 Å². The Bertz CT molecular complexity index is 342. The molecule has 0 unspecified atom stereocenters. The summed E-state index contributed by atoms with van der Waals surface area (Å²) in [5.41, 5.74) is 5.72. The summed E-state index contributed by atoms with van der Waals surface area (Å²) in [6, 6.07) is 4.25. The van der Waals surface area contributed by atoms with Gasteiger partial charge in [0.1, 0.15) is 5.82 Å². The fourth-order valence-electron chi connectivity index (χ4n) is 0.774. The third-order valence-corrected chi connectivity index (χ3v) is 1.30. The van der Waals surface area contributed by atoms with Gasteiger partial charge in [-0.1, -0.05) is 12.0 Å². The lowest BCUT2D eigenvalue weighted by Crippen LogP contribution is -1.93. The van der Waals surface area contributed by atoms with Crippen LogP contribution >= 0.6 is 0 Å². The number of rotatable bonds is 0. The number of nitrogens with two attached hydrogens (primary N) is 1. The lowest BCUT2D eigenvalue weighted by molar-refractivity contribution is -0.103. The van der Waals surface area contributed by atoms with E-state index in [-0.39, 0.29) is 11.3 Å². The van der Waals surface area contributed by atoms with Crippen LogP contribution in [0.15, 0.2) is 18.2 Å². The molecule has 3 heteroatoms. The molecular weight excluding hydrogens is 157 g/mol. The quantitative estimate of drug-likeness (QED) is 0.351. The van der Waals surface area contributed by atoms with Gasteiger partial charge in [0.2, 0.25) is 0 Å². The Morgan fingerprint density at radius 2 is 2.25 bits per heavy atom. The highest BCUT2D eigenvalue weighted by molar-refractivity contribution is 5.75. The van der Waals surface area contributed by atoms with Crippen molar-refractivity contribution in [2.45, 2.75) is 0 Å². The Kier molecular flexibility index (Phi) is 2.44. The number of halogens is 1. The summed E-state index contributed by atoms with van der Waals surface area (Å²) in [6.45, 7) is 0. The van der Waals surface area contributed by atoms with E-state index in [1.165, 1.54) is 18.2 Å². The zero-order chi connectivity index (χ0) is 8.97. The summed E-state index contributed by atoms with van der Waals surface area (Å²) >= 11 is 0. The van der Waals surface area contributed by atoms with E-state index in [4.69, 9.17) is 5.73 Å². The summed E-state index contributed by atoms with van der Waals surface area (Å²) in [4.78, 5) is 9.86. The Morgan fingerprint density at radius 3 is 2.83 bits per heavy atom. The average Bonchev–Trinajstić information content (AvgIpc) is 2.04. The molecule has 0 saturated heterocycles. The maximum Gasteiger partial charge on any atom is 0.193 e. The molecule has 1 aromatic rings.